The molecular formula is C20H29N5O. The number of aromatic amines is 1. The van der Waals surface area contributed by atoms with Crippen LogP contribution in [0.25, 0.3) is 0 Å². The van der Waals surface area contributed by atoms with E-state index in [9.17, 15) is 4.79 Å². The van der Waals surface area contributed by atoms with Gasteiger partial charge in [0.05, 0.1) is 0 Å². The largest absolute Gasteiger partial charge is 0.347 e. The van der Waals surface area contributed by atoms with E-state index in [0.29, 0.717) is 12.2 Å². The first-order chi connectivity index (χ1) is 12.7. The first kappa shape index (κ1) is 18.6. The van der Waals surface area contributed by atoms with E-state index in [1.165, 1.54) is 11.1 Å². The van der Waals surface area contributed by atoms with Gasteiger partial charge in [-0.05, 0) is 30.2 Å². The molecule has 140 valence electrons. The molecule has 1 aliphatic rings. The Balaban J connectivity index is 1.57. The van der Waals surface area contributed by atoms with Gasteiger partial charge in [0.25, 0.3) is 5.91 Å². The standard InChI is InChI=1S/C20H29N5O/c1-3-18-13-19(23-22-18)20(26)21-14-16-7-5-6-8-17(16)15-25-11-9-24(4-2)10-12-25/h5-8,13H,3-4,9-12,14-15H2,1-2H3,(H,21,26)(H,22,23). The van der Waals surface area contributed by atoms with E-state index < -0.39 is 0 Å². The van der Waals surface area contributed by atoms with Gasteiger partial charge in [-0.3, -0.25) is 14.8 Å². The average Bonchev–Trinajstić information content (AvgIpc) is 3.17. The van der Waals surface area contributed by atoms with Gasteiger partial charge in [0.1, 0.15) is 5.69 Å². The third-order valence-electron chi connectivity index (χ3n) is 5.11. The number of benzene rings is 1. The number of carbonyl (C=O) groups excluding carboxylic acids is 1. The van der Waals surface area contributed by atoms with Crippen molar-refractivity contribution in [2.75, 3.05) is 32.7 Å². The van der Waals surface area contributed by atoms with Crippen LogP contribution in [0.4, 0.5) is 0 Å². The Bertz CT molecular complexity index is 718. The highest BCUT2D eigenvalue weighted by Gasteiger charge is 2.17. The van der Waals surface area contributed by atoms with E-state index in [4.69, 9.17) is 0 Å². The third kappa shape index (κ3) is 4.71. The zero-order chi connectivity index (χ0) is 18.4. The molecule has 1 aromatic heterocycles. The van der Waals surface area contributed by atoms with Crippen molar-refractivity contribution in [3.63, 3.8) is 0 Å². The third-order valence-corrected chi connectivity index (χ3v) is 5.11. The summed E-state index contributed by atoms with van der Waals surface area (Å²) in [5.74, 6) is -0.132. The summed E-state index contributed by atoms with van der Waals surface area (Å²) in [5.41, 5.74) is 3.89. The van der Waals surface area contributed by atoms with Crippen LogP contribution in [0.2, 0.25) is 0 Å². The summed E-state index contributed by atoms with van der Waals surface area (Å²) in [6.45, 7) is 11.3. The lowest BCUT2D eigenvalue weighted by Gasteiger charge is -2.34. The maximum absolute atomic E-state index is 12.3. The van der Waals surface area contributed by atoms with Gasteiger partial charge in [-0.1, -0.05) is 38.1 Å². The molecule has 0 saturated carbocycles. The second-order valence-electron chi connectivity index (χ2n) is 6.79. The molecule has 0 unspecified atom stereocenters. The molecular weight excluding hydrogens is 326 g/mol. The van der Waals surface area contributed by atoms with Crippen LogP contribution in [0.1, 0.15) is 41.2 Å². The Kier molecular flexibility index (Phi) is 6.41. The quantitative estimate of drug-likeness (QED) is 0.798. The van der Waals surface area contributed by atoms with Gasteiger partial charge in [0, 0.05) is 45.0 Å². The normalized spacial score (nSPS) is 15.9. The van der Waals surface area contributed by atoms with Gasteiger partial charge in [0.2, 0.25) is 0 Å². The van der Waals surface area contributed by atoms with Gasteiger partial charge >= 0.3 is 0 Å². The Morgan fingerprint density at radius 2 is 1.81 bits per heavy atom. The fourth-order valence-electron chi connectivity index (χ4n) is 3.31. The molecule has 1 saturated heterocycles. The number of hydrogen-bond donors (Lipinski definition) is 2. The lowest BCUT2D eigenvalue weighted by Crippen LogP contribution is -2.45. The molecule has 2 heterocycles. The first-order valence-electron chi connectivity index (χ1n) is 9.53. The molecule has 1 fully saturated rings. The number of aryl methyl sites for hydroxylation is 1. The van der Waals surface area contributed by atoms with Crippen LogP contribution in [-0.4, -0.2) is 58.6 Å². The molecule has 2 N–H and O–H groups in total. The molecule has 6 heteroatoms. The molecule has 0 aliphatic carbocycles. The van der Waals surface area contributed by atoms with Crippen LogP contribution in [0, 0.1) is 0 Å². The number of rotatable bonds is 7. The second-order valence-corrected chi connectivity index (χ2v) is 6.79. The van der Waals surface area contributed by atoms with Crippen LogP contribution in [0.3, 0.4) is 0 Å². The number of H-pyrrole nitrogens is 1. The lowest BCUT2D eigenvalue weighted by molar-refractivity contribution is 0.0945. The molecule has 0 radical (unpaired) electrons. The number of likely N-dealkylation sites (N-methyl/N-ethyl adjacent to an activating group) is 1. The van der Waals surface area contributed by atoms with Crippen LogP contribution in [0.15, 0.2) is 30.3 Å². The van der Waals surface area contributed by atoms with Crippen molar-refractivity contribution in [2.24, 2.45) is 0 Å². The van der Waals surface area contributed by atoms with E-state index in [1.807, 2.05) is 19.1 Å². The highest BCUT2D eigenvalue weighted by Crippen LogP contribution is 2.14. The van der Waals surface area contributed by atoms with Gasteiger partial charge in [-0.15, -0.1) is 0 Å². The van der Waals surface area contributed by atoms with Crippen molar-refractivity contribution in [1.82, 2.24) is 25.3 Å². The van der Waals surface area contributed by atoms with Gasteiger partial charge < -0.3 is 10.2 Å². The molecule has 1 aliphatic heterocycles. The molecule has 1 aromatic carbocycles. The number of piperazine rings is 1. The molecule has 26 heavy (non-hydrogen) atoms. The molecule has 1 amide bonds. The van der Waals surface area contributed by atoms with Crippen LogP contribution < -0.4 is 5.32 Å². The van der Waals surface area contributed by atoms with E-state index in [1.54, 1.807) is 0 Å². The summed E-state index contributed by atoms with van der Waals surface area (Å²) in [7, 11) is 0. The summed E-state index contributed by atoms with van der Waals surface area (Å²) in [4.78, 5) is 17.3. The lowest BCUT2D eigenvalue weighted by atomic mass is 10.1. The molecule has 0 spiro atoms. The fourth-order valence-corrected chi connectivity index (χ4v) is 3.31. The molecule has 2 aromatic rings. The van der Waals surface area contributed by atoms with Gasteiger partial charge in [0.15, 0.2) is 0 Å². The Morgan fingerprint density at radius 1 is 1.12 bits per heavy atom. The van der Waals surface area contributed by atoms with Crippen molar-refractivity contribution >= 4 is 5.91 Å². The monoisotopic (exact) mass is 355 g/mol. The average molecular weight is 355 g/mol. The SMILES string of the molecule is CCc1cc(C(=O)NCc2ccccc2CN2CCN(CC)CC2)n[nH]1. The Labute approximate surface area is 155 Å². The number of nitrogens with zero attached hydrogens (tertiary/aromatic N) is 3. The van der Waals surface area contributed by atoms with Crippen molar-refractivity contribution in [2.45, 2.75) is 33.4 Å². The molecule has 6 nitrogen and oxygen atoms in total. The number of amides is 1. The zero-order valence-corrected chi connectivity index (χ0v) is 15.8. The van der Waals surface area contributed by atoms with E-state index in [-0.39, 0.29) is 5.91 Å². The molecule has 0 bridgehead atoms. The van der Waals surface area contributed by atoms with Crippen LogP contribution in [0.5, 0.6) is 0 Å². The van der Waals surface area contributed by atoms with Crippen molar-refractivity contribution < 1.29 is 4.79 Å². The van der Waals surface area contributed by atoms with Crippen LogP contribution >= 0.6 is 0 Å². The minimum Gasteiger partial charge on any atom is -0.347 e. The highest BCUT2D eigenvalue weighted by molar-refractivity contribution is 5.92. The smallest absolute Gasteiger partial charge is 0.272 e. The summed E-state index contributed by atoms with van der Waals surface area (Å²) < 4.78 is 0. The second kappa shape index (κ2) is 8.96. The topological polar surface area (TPSA) is 64.3 Å². The van der Waals surface area contributed by atoms with Crippen molar-refractivity contribution in [3.8, 4) is 0 Å². The minimum atomic E-state index is -0.132. The van der Waals surface area contributed by atoms with Crippen LogP contribution in [-0.2, 0) is 19.5 Å². The predicted octanol–water partition coefficient (Wildman–Crippen LogP) is 2.04. The summed E-state index contributed by atoms with van der Waals surface area (Å²) in [6, 6.07) is 10.2. The summed E-state index contributed by atoms with van der Waals surface area (Å²) in [5, 5.41) is 9.97. The van der Waals surface area contributed by atoms with E-state index in [2.05, 4.69) is 50.4 Å². The van der Waals surface area contributed by atoms with E-state index in [0.717, 1.165) is 51.4 Å². The number of carbonyl (C=O) groups is 1. The number of nitrogens with one attached hydrogen (secondary N) is 2. The molecule has 3 rings (SSSR count). The Morgan fingerprint density at radius 3 is 2.46 bits per heavy atom. The minimum absolute atomic E-state index is 0.132. The van der Waals surface area contributed by atoms with Gasteiger partial charge in [-0.2, -0.15) is 5.10 Å². The summed E-state index contributed by atoms with van der Waals surface area (Å²) in [6.07, 6.45) is 0.842. The van der Waals surface area contributed by atoms with Crippen molar-refractivity contribution in [1.29, 1.82) is 0 Å². The Hall–Kier alpha value is -2.18. The van der Waals surface area contributed by atoms with Crippen molar-refractivity contribution in [3.05, 3.63) is 52.8 Å². The first-order valence-corrected chi connectivity index (χ1v) is 9.53. The van der Waals surface area contributed by atoms with E-state index >= 15 is 0 Å². The zero-order valence-electron chi connectivity index (χ0n) is 15.8. The fraction of sp³-hybridized carbons (Fsp3) is 0.500. The van der Waals surface area contributed by atoms with Gasteiger partial charge in [-0.25, -0.2) is 0 Å². The number of aromatic nitrogens is 2. The molecule has 0 atom stereocenters. The maximum atomic E-state index is 12.3. The maximum Gasteiger partial charge on any atom is 0.272 e. The number of hydrogen-bond acceptors (Lipinski definition) is 4. The summed E-state index contributed by atoms with van der Waals surface area (Å²) >= 11 is 0. The highest BCUT2D eigenvalue weighted by atomic mass is 16.1. The predicted molar refractivity (Wildman–Crippen MR) is 103 cm³/mol.